The molecular weight excluding hydrogens is 432 g/mol. The van der Waals surface area contributed by atoms with E-state index in [9.17, 15) is 14.9 Å². The maximum Gasteiger partial charge on any atom is 0.302 e. The molecule has 0 aliphatic rings. The molecule has 0 saturated heterocycles. The molecular formula is C18H24N4O6S2. The van der Waals surface area contributed by atoms with Gasteiger partial charge in [0.05, 0.1) is 11.5 Å². The van der Waals surface area contributed by atoms with Gasteiger partial charge in [-0.2, -0.15) is 0 Å². The Morgan fingerprint density at radius 2 is 1.37 bits per heavy atom. The van der Waals surface area contributed by atoms with E-state index < -0.39 is 15.4 Å². The van der Waals surface area contributed by atoms with Crippen molar-refractivity contribution in [3.05, 3.63) is 64.7 Å². The standard InChI is InChI=1S/C12H10N2O2.C4H8O2.2CH3NOS/c15-14(16)12-8-6-11(7-9-12)13-10-4-2-1-3-5-10;1-3-6-4(2)5;2*2-1(3)4/h1-9,13H;3H2,1-2H3;2*(H3,2,3,4). The molecule has 5 N–H and O–H groups in total. The third kappa shape index (κ3) is 21.1. The van der Waals surface area contributed by atoms with Gasteiger partial charge in [0, 0.05) is 30.4 Å². The number of nitro groups is 1. The number of rotatable bonds is 4. The molecule has 0 radical (unpaired) electrons. The van der Waals surface area contributed by atoms with Crippen LogP contribution in [-0.2, 0) is 9.53 Å². The number of nitrogens with two attached hydrogens (primary N) is 2. The van der Waals surface area contributed by atoms with Crippen LogP contribution in [0.4, 0.5) is 26.7 Å². The average molecular weight is 457 g/mol. The van der Waals surface area contributed by atoms with E-state index in [-0.39, 0.29) is 11.7 Å². The average Bonchev–Trinajstić information content (AvgIpc) is 2.62. The normalized spacial score (nSPS) is 8.40. The number of hydrogen-bond acceptors (Lipinski definition) is 7. The second-order valence-electron chi connectivity index (χ2n) is 4.90. The Hall–Kier alpha value is -3.25. The van der Waals surface area contributed by atoms with Gasteiger partial charge in [0.15, 0.2) is 0 Å². The Bertz CT molecular complexity index is 769. The fourth-order valence-electron chi connectivity index (χ4n) is 1.56. The Balaban J connectivity index is 0. The van der Waals surface area contributed by atoms with Crippen molar-refractivity contribution < 1.29 is 24.0 Å². The Morgan fingerprint density at radius 1 is 0.967 bits per heavy atom. The van der Waals surface area contributed by atoms with E-state index in [0.717, 1.165) is 11.4 Å². The highest BCUT2D eigenvalue weighted by Crippen LogP contribution is 2.19. The van der Waals surface area contributed by atoms with Crippen LogP contribution < -0.4 is 16.8 Å². The molecule has 164 valence electrons. The number of carbonyl (C=O) groups excluding carboxylic acids is 3. The molecule has 2 aromatic carbocycles. The Labute approximate surface area is 184 Å². The minimum Gasteiger partial charge on any atom is -0.466 e. The van der Waals surface area contributed by atoms with Crippen molar-refractivity contribution in [2.45, 2.75) is 13.8 Å². The van der Waals surface area contributed by atoms with E-state index in [1.165, 1.54) is 19.1 Å². The molecule has 0 fully saturated rings. The summed E-state index contributed by atoms with van der Waals surface area (Å²) in [6.07, 6.45) is 0. The van der Waals surface area contributed by atoms with Crippen LogP contribution in [0.2, 0.25) is 0 Å². The highest BCUT2D eigenvalue weighted by Gasteiger charge is 2.03. The number of thiol groups is 2. The molecule has 0 atom stereocenters. The van der Waals surface area contributed by atoms with Crippen molar-refractivity contribution in [1.29, 1.82) is 0 Å². The molecule has 0 spiro atoms. The molecule has 30 heavy (non-hydrogen) atoms. The molecule has 2 amide bonds. The lowest BCUT2D eigenvalue weighted by Gasteiger charge is -2.05. The van der Waals surface area contributed by atoms with Crippen molar-refractivity contribution in [2.75, 3.05) is 11.9 Å². The summed E-state index contributed by atoms with van der Waals surface area (Å²) >= 11 is 6.21. The highest BCUT2D eigenvalue weighted by atomic mass is 32.1. The summed E-state index contributed by atoms with van der Waals surface area (Å²) < 4.78 is 4.40. The van der Waals surface area contributed by atoms with Gasteiger partial charge in [0.1, 0.15) is 0 Å². The van der Waals surface area contributed by atoms with Gasteiger partial charge < -0.3 is 21.5 Å². The summed E-state index contributed by atoms with van der Waals surface area (Å²) in [4.78, 5) is 38.0. The molecule has 0 aliphatic heterocycles. The topological polar surface area (TPSA) is 168 Å². The largest absolute Gasteiger partial charge is 0.466 e. The summed E-state index contributed by atoms with van der Waals surface area (Å²) in [6.45, 7) is 3.65. The van der Waals surface area contributed by atoms with Gasteiger partial charge in [-0.05, 0) is 31.2 Å². The molecule has 0 heterocycles. The number of para-hydroxylation sites is 1. The highest BCUT2D eigenvalue weighted by molar-refractivity contribution is 7.96. The number of anilines is 2. The molecule has 0 bridgehead atoms. The number of nitrogens with zero attached hydrogens (tertiary/aromatic N) is 1. The van der Waals surface area contributed by atoms with Gasteiger partial charge >= 0.3 is 5.97 Å². The molecule has 2 aromatic rings. The van der Waals surface area contributed by atoms with E-state index in [4.69, 9.17) is 9.59 Å². The molecule has 12 heteroatoms. The number of hydrogen-bond donors (Lipinski definition) is 5. The van der Waals surface area contributed by atoms with Crippen LogP contribution in [-0.4, -0.2) is 28.0 Å². The van der Waals surface area contributed by atoms with Gasteiger partial charge in [-0.1, -0.05) is 43.5 Å². The SMILES string of the molecule is CCOC(C)=O.NC(=O)S.NC(=O)S.O=[N+]([O-])c1ccc(Nc2ccccc2)cc1. The number of benzene rings is 2. The summed E-state index contributed by atoms with van der Waals surface area (Å²) in [7, 11) is 0. The van der Waals surface area contributed by atoms with Crippen LogP contribution in [0.3, 0.4) is 0 Å². The quantitative estimate of drug-likeness (QED) is 0.201. The molecule has 0 aliphatic carbocycles. The number of nitro benzene ring substituents is 1. The van der Waals surface area contributed by atoms with E-state index in [1.54, 1.807) is 19.1 Å². The van der Waals surface area contributed by atoms with Crippen molar-refractivity contribution in [2.24, 2.45) is 11.5 Å². The van der Waals surface area contributed by atoms with Gasteiger partial charge in [-0.15, -0.1) is 0 Å². The molecule has 0 saturated carbocycles. The third-order valence-electron chi connectivity index (χ3n) is 2.49. The Morgan fingerprint density at radius 3 is 1.67 bits per heavy atom. The maximum absolute atomic E-state index is 10.5. The number of non-ortho nitro benzene ring substituents is 1. The van der Waals surface area contributed by atoms with Crippen LogP contribution in [0.25, 0.3) is 0 Å². The van der Waals surface area contributed by atoms with Gasteiger partial charge in [-0.25, -0.2) is 0 Å². The second kappa shape index (κ2) is 17.8. The minimum absolute atomic E-state index is 0.0959. The lowest BCUT2D eigenvalue weighted by molar-refractivity contribution is -0.384. The number of amides is 2. The van der Waals surface area contributed by atoms with Crippen molar-refractivity contribution in [3.63, 3.8) is 0 Å². The summed E-state index contributed by atoms with van der Waals surface area (Å²) in [5, 5.41) is 12.3. The molecule has 10 nitrogen and oxygen atoms in total. The molecule has 0 aromatic heterocycles. The molecule has 2 rings (SSSR count). The second-order valence-corrected chi connectivity index (χ2v) is 5.78. The van der Waals surface area contributed by atoms with Crippen LogP contribution in [0.15, 0.2) is 54.6 Å². The minimum atomic E-state index is -0.639. The zero-order valence-electron chi connectivity index (χ0n) is 16.3. The summed E-state index contributed by atoms with van der Waals surface area (Å²) in [5.74, 6) is -0.211. The van der Waals surface area contributed by atoms with Crippen molar-refractivity contribution in [3.8, 4) is 0 Å². The predicted molar refractivity (Wildman–Crippen MR) is 122 cm³/mol. The fraction of sp³-hybridized carbons (Fsp3) is 0.167. The first-order chi connectivity index (χ1) is 14.0. The van der Waals surface area contributed by atoms with E-state index in [0.29, 0.717) is 6.61 Å². The Kier molecular flexibility index (Phi) is 17.2. The number of ether oxygens (including phenoxy) is 1. The monoisotopic (exact) mass is 456 g/mol. The lowest BCUT2D eigenvalue weighted by Crippen LogP contribution is -1.95. The first-order valence-corrected chi connectivity index (χ1v) is 9.05. The van der Waals surface area contributed by atoms with E-state index in [1.807, 2.05) is 30.3 Å². The maximum atomic E-state index is 10.5. The smallest absolute Gasteiger partial charge is 0.302 e. The van der Waals surface area contributed by atoms with Gasteiger partial charge in [0.25, 0.3) is 16.2 Å². The zero-order chi connectivity index (χ0) is 23.5. The first-order valence-electron chi connectivity index (χ1n) is 8.16. The van der Waals surface area contributed by atoms with Crippen molar-refractivity contribution >= 4 is 58.8 Å². The number of esters is 1. The number of carbonyl (C=O) groups is 3. The van der Waals surface area contributed by atoms with Crippen LogP contribution >= 0.6 is 25.3 Å². The van der Waals surface area contributed by atoms with Crippen molar-refractivity contribution in [1.82, 2.24) is 0 Å². The number of nitrogens with one attached hydrogen (secondary N) is 1. The van der Waals surface area contributed by atoms with E-state index >= 15 is 0 Å². The number of primary amides is 2. The van der Waals surface area contributed by atoms with Crippen LogP contribution in [0.5, 0.6) is 0 Å². The zero-order valence-corrected chi connectivity index (χ0v) is 18.1. The fourth-order valence-corrected chi connectivity index (χ4v) is 1.56. The third-order valence-corrected chi connectivity index (χ3v) is 2.49. The van der Waals surface area contributed by atoms with Crippen LogP contribution in [0.1, 0.15) is 13.8 Å². The van der Waals surface area contributed by atoms with Gasteiger partial charge in [-0.3, -0.25) is 24.5 Å². The first kappa shape index (κ1) is 29.0. The van der Waals surface area contributed by atoms with Gasteiger partial charge in [0.2, 0.25) is 0 Å². The van der Waals surface area contributed by atoms with Crippen LogP contribution in [0, 0.1) is 10.1 Å². The molecule has 0 unspecified atom stereocenters. The summed E-state index contributed by atoms with van der Waals surface area (Å²) in [6, 6.07) is 16.0. The predicted octanol–water partition coefficient (Wildman–Crippen LogP) is 3.90. The lowest BCUT2D eigenvalue weighted by atomic mass is 10.2. The van der Waals surface area contributed by atoms with E-state index in [2.05, 4.69) is 46.8 Å². The summed E-state index contributed by atoms with van der Waals surface area (Å²) in [5.41, 5.74) is 10.6.